The number of hydrogen-bond acceptors (Lipinski definition) is 3. The molecule has 0 bridgehead atoms. The standard InChI is InChI=1S/C16H22F3NO2/c1-21-14-8-3-11(15(9-14)22-2)10-20-13-6-4-12(5-7-13)16(17,18)19/h3,8-9,12-13,20H,4-7,10H2,1-2H3. The Hall–Kier alpha value is -1.43. The summed E-state index contributed by atoms with van der Waals surface area (Å²) in [5, 5.41) is 3.33. The van der Waals surface area contributed by atoms with Gasteiger partial charge in [-0.1, -0.05) is 6.07 Å². The Morgan fingerprint density at radius 2 is 1.77 bits per heavy atom. The first-order chi connectivity index (χ1) is 10.4. The van der Waals surface area contributed by atoms with Crippen LogP contribution in [0.1, 0.15) is 31.2 Å². The first kappa shape index (κ1) is 16.9. The van der Waals surface area contributed by atoms with Crippen LogP contribution in [0, 0.1) is 5.92 Å². The minimum Gasteiger partial charge on any atom is -0.497 e. The Bertz CT molecular complexity index is 483. The lowest BCUT2D eigenvalue weighted by Crippen LogP contribution is -2.36. The molecule has 0 spiro atoms. The van der Waals surface area contributed by atoms with E-state index in [-0.39, 0.29) is 18.9 Å². The fourth-order valence-corrected chi connectivity index (χ4v) is 2.88. The molecule has 1 N–H and O–H groups in total. The van der Waals surface area contributed by atoms with Crippen molar-refractivity contribution < 1.29 is 22.6 Å². The molecule has 1 aromatic carbocycles. The van der Waals surface area contributed by atoms with Gasteiger partial charge in [0, 0.05) is 24.2 Å². The number of benzene rings is 1. The van der Waals surface area contributed by atoms with Crippen LogP contribution in [-0.4, -0.2) is 26.4 Å². The van der Waals surface area contributed by atoms with E-state index in [2.05, 4.69) is 5.32 Å². The quantitative estimate of drug-likeness (QED) is 0.893. The second kappa shape index (κ2) is 7.22. The molecule has 1 aliphatic carbocycles. The van der Waals surface area contributed by atoms with Crippen LogP contribution >= 0.6 is 0 Å². The predicted octanol–water partition coefficient (Wildman–Crippen LogP) is 3.91. The number of hydrogen-bond donors (Lipinski definition) is 1. The Morgan fingerprint density at radius 3 is 2.32 bits per heavy atom. The SMILES string of the molecule is COc1ccc(CNC2CCC(C(F)(F)F)CC2)c(OC)c1. The van der Waals surface area contributed by atoms with E-state index < -0.39 is 12.1 Å². The fourth-order valence-electron chi connectivity index (χ4n) is 2.88. The molecule has 0 aromatic heterocycles. The van der Waals surface area contributed by atoms with Crippen molar-refractivity contribution in [2.45, 2.75) is 44.4 Å². The smallest absolute Gasteiger partial charge is 0.391 e. The molecule has 0 unspecified atom stereocenters. The zero-order chi connectivity index (χ0) is 16.2. The van der Waals surface area contributed by atoms with Crippen LogP contribution in [-0.2, 0) is 6.54 Å². The van der Waals surface area contributed by atoms with Crippen LogP contribution in [0.25, 0.3) is 0 Å². The highest BCUT2D eigenvalue weighted by atomic mass is 19.4. The molecule has 6 heteroatoms. The molecule has 0 saturated heterocycles. The molecular weight excluding hydrogens is 295 g/mol. The Morgan fingerprint density at radius 1 is 1.09 bits per heavy atom. The van der Waals surface area contributed by atoms with E-state index in [1.807, 2.05) is 12.1 Å². The molecule has 2 rings (SSSR count). The van der Waals surface area contributed by atoms with Gasteiger partial charge in [0.1, 0.15) is 11.5 Å². The van der Waals surface area contributed by atoms with Crippen molar-refractivity contribution in [2.24, 2.45) is 5.92 Å². The zero-order valence-electron chi connectivity index (χ0n) is 12.9. The Labute approximate surface area is 128 Å². The molecule has 22 heavy (non-hydrogen) atoms. The van der Waals surface area contributed by atoms with Gasteiger partial charge in [-0.25, -0.2) is 0 Å². The molecule has 0 aliphatic heterocycles. The van der Waals surface area contributed by atoms with Crippen molar-refractivity contribution in [3.63, 3.8) is 0 Å². The minimum atomic E-state index is -4.05. The molecule has 1 fully saturated rings. The lowest BCUT2D eigenvalue weighted by atomic mass is 9.85. The largest absolute Gasteiger partial charge is 0.497 e. The summed E-state index contributed by atoms with van der Waals surface area (Å²) in [4.78, 5) is 0. The molecule has 0 amide bonds. The average Bonchev–Trinajstić information content (AvgIpc) is 2.52. The maximum atomic E-state index is 12.6. The molecule has 0 atom stereocenters. The van der Waals surface area contributed by atoms with Crippen molar-refractivity contribution >= 4 is 0 Å². The second-order valence-corrected chi connectivity index (χ2v) is 5.65. The molecule has 1 aliphatic rings. The predicted molar refractivity (Wildman–Crippen MR) is 78.2 cm³/mol. The summed E-state index contributed by atoms with van der Waals surface area (Å²) in [7, 11) is 3.18. The molecule has 0 radical (unpaired) electrons. The monoisotopic (exact) mass is 317 g/mol. The summed E-state index contributed by atoms with van der Waals surface area (Å²) in [5.41, 5.74) is 0.973. The van der Waals surface area contributed by atoms with Crippen molar-refractivity contribution in [3.05, 3.63) is 23.8 Å². The van der Waals surface area contributed by atoms with Crippen molar-refractivity contribution in [2.75, 3.05) is 14.2 Å². The van der Waals surface area contributed by atoms with Crippen LogP contribution in [0.3, 0.4) is 0 Å². The Kier molecular flexibility index (Phi) is 5.56. The first-order valence-electron chi connectivity index (χ1n) is 7.45. The fraction of sp³-hybridized carbons (Fsp3) is 0.625. The highest BCUT2D eigenvalue weighted by Crippen LogP contribution is 2.37. The first-order valence-corrected chi connectivity index (χ1v) is 7.45. The summed E-state index contributed by atoms with van der Waals surface area (Å²) in [6.07, 6.45) is -2.52. The maximum Gasteiger partial charge on any atom is 0.391 e. The molecular formula is C16H22F3NO2. The lowest BCUT2D eigenvalue weighted by Gasteiger charge is -2.30. The average molecular weight is 317 g/mol. The third-order valence-corrected chi connectivity index (χ3v) is 4.27. The van der Waals surface area contributed by atoms with E-state index in [0.29, 0.717) is 25.1 Å². The Balaban J connectivity index is 1.87. The second-order valence-electron chi connectivity index (χ2n) is 5.65. The molecule has 1 saturated carbocycles. The minimum absolute atomic E-state index is 0.130. The summed E-state index contributed by atoms with van der Waals surface area (Å²) in [5.74, 6) is 0.295. The maximum absolute atomic E-state index is 12.6. The van der Waals surface area contributed by atoms with Crippen molar-refractivity contribution in [1.82, 2.24) is 5.32 Å². The molecule has 0 heterocycles. The normalized spacial score (nSPS) is 22.4. The van der Waals surface area contributed by atoms with Gasteiger partial charge in [0.15, 0.2) is 0 Å². The number of alkyl halides is 3. The van der Waals surface area contributed by atoms with E-state index >= 15 is 0 Å². The van der Waals surface area contributed by atoms with Crippen LogP contribution in [0.4, 0.5) is 13.2 Å². The van der Waals surface area contributed by atoms with Crippen LogP contribution in [0.2, 0.25) is 0 Å². The zero-order valence-corrected chi connectivity index (χ0v) is 12.9. The molecule has 124 valence electrons. The number of rotatable bonds is 5. The topological polar surface area (TPSA) is 30.5 Å². The number of halogens is 3. The van der Waals surface area contributed by atoms with Crippen molar-refractivity contribution in [3.8, 4) is 11.5 Å². The number of nitrogens with one attached hydrogen (secondary N) is 1. The van der Waals surface area contributed by atoms with Crippen LogP contribution in [0.5, 0.6) is 11.5 Å². The number of methoxy groups -OCH3 is 2. The van der Waals surface area contributed by atoms with E-state index in [1.165, 1.54) is 0 Å². The summed E-state index contributed by atoms with van der Waals surface area (Å²) in [6, 6.07) is 5.69. The van der Waals surface area contributed by atoms with Gasteiger partial charge in [-0.2, -0.15) is 13.2 Å². The van der Waals surface area contributed by atoms with E-state index in [0.717, 1.165) is 11.3 Å². The highest BCUT2D eigenvalue weighted by Gasteiger charge is 2.41. The number of ether oxygens (including phenoxy) is 2. The van der Waals surface area contributed by atoms with Gasteiger partial charge < -0.3 is 14.8 Å². The highest BCUT2D eigenvalue weighted by molar-refractivity contribution is 5.40. The third kappa shape index (κ3) is 4.29. The summed E-state index contributed by atoms with van der Waals surface area (Å²) >= 11 is 0. The summed E-state index contributed by atoms with van der Waals surface area (Å²) < 4.78 is 48.4. The van der Waals surface area contributed by atoms with Gasteiger partial charge >= 0.3 is 6.18 Å². The van der Waals surface area contributed by atoms with Gasteiger partial charge in [0.2, 0.25) is 0 Å². The van der Waals surface area contributed by atoms with E-state index in [9.17, 15) is 13.2 Å². The third-order valence-electron chi connectivity index (χ3n) is 4.27. The van der Waals surface area contributed by atoms with Gasteiger partial charge in [-0.05, 0) is 31.7 Å². The van der Waals surface area contributed by atoms with Crippen LogP contribution in [0.15, 0.2) is 18.2 Å². The van der Waals surface area contributed by atoms with Gasteiger partial charge in [0.25, 0.3) is 0 Å². The van der Waals surface area contributed by atoms with E-state index in [1.54, 1.807) is 20.3 Å². The lowest BCUT2D eigenvalue weighted by molar-refractivity contribution is -0.182. The van der Waals surface area contributed by atoms with Crippen molar-refractivity contribution in [1.29, 1.82) is 0 Å². The van der Waals surface area contributed by atoms with Gasteiger partial charge in [-0.15, -0.1) is 0 Å². The molecule has 1 aromatic rings. The van der Waals surface area contributed by atoms with Gasteiger partial charge in [-0.3, -0.25) is 0 Å². The van der Waals surface area contributed by atoms with Gasteiger partial charge in [0.05, 0.1) is 20.1 Å². The summed E-state index contributed by atoms with van der Waals surface area (Å²) in [6.45, 7) is 0.578. The molecule has 3 nitrogen and oxygen atoms in total. The van der Waals surface area contributed by atoms with E-state index in [4.69, 9.17) is 9.47 Å². The van der Waals surface area contributed by atoms with Crippen LogP contribution < -0.4 is 14.8 Å².